The average Bonchev–Trinajstić information content (AvgIpc) is 3.15. The van der Waals surface area contributed by atoms with Gasteiger partial charge in [-0.15, -0.1) is 0 Å². The first kappa shape index (κ1) is 22.3. The van der Waals surface area contributed by atoms with Gasteiger partial charge in [0, 0.05) is 26.7 Å². The number of hydrogen-bond acceptors (Lipinski definition) is 4. The third-order valence-electron chi connectivity index (χ3n) is 5.15. The summed E-state index contributed by atoms with van der Waals surface area (Å²) in [4.78, 5) is 6.92. The Labute approximate surface area is 170 Å². The standard InChI is InChI=1S/C22H38N4O2/c1-5-13-26-14-11-19(17-26)16-25-22(23-3)24-12-7-8-18-9-10-20(27-4)21(15-18)28-6-2/h9-10,15,19H,5-8,11-14,16-17H2,1-4H3,(H2,23,24,25). The first-order valence-corrected chi connectivity index (χ1v) is 10.7. The van der Waals surface area contributed by atoms with Crippen LogP contribution in [0.4, 0.5) is 0 Å². The normalized spacial score (nSPS) is 17.6. The van der Waals surface area contributed by atoms with Gasteiger partial charge in [-0.2, -0.15) is 0 Å². The Bertz CT molecular complexity index is 606. The SMILES string of the molecule is CCCN1CCC(CNC(=NC)NCCCc2ccc(OC)c(OCC)c2)C1. The highest BCUT2D eigenvalue weighted by molar-refractivity contribution is 5.79. The van der Waals surface area contributed by atoms with Crippen LogP contribution in [-0.4, -0.2) is 64.3 Å². The largest absolute Gasteiger partial charge is 0.493 e. The maximum absolute atomic E-state index is 5.66. The number of guanidine groups is 1. The smallest absolute Gasteiger partial charge is 0.190 e. The highest BCUT2D eigenvalue weighted by Crippen LogP contribution is 2.28. The van der Waals surface area contributed by atoms with E-state index in [-0.39, 0.29) is 0 Å². The number of likely N-dealkylation sites (tertiary alicyclic amines) is 1. The minimum atomic E-state index is 0.639. The van der Waals surface area contributed by atoms with Crippen molar-refractivity contribution in [1.82, 2.24) is 15.5 Å². The van der Waals surface area contributed by atoms with Gasteiger partial charge in [0.2, 0.25) is 0 Å². The number of nitrogens with zero attached hydrogens (tertiary/aromatic N) is 2. The Balaban J connectivity index is 1.68. The van der Waals surface area contributed by atoms with Gasteiger partial charge in [-0.05, 0) is 69.3 Å². The fourth-order valence-electron chi connectivity index (χ4n) is 3.70. The molecule has 2 N–H and O–H groups in total. The van der Waals surface area contributed by atoms with Gasteiger partial charge >= 0.3 is 0 Å². The molecule has 0 radical (unpaired) electrons. The molecule has 1 heterocycles. The van der Waals surface area contributed by atoms with Crippen molar-refractivity contribution < 1.29 is 9.47 Å². The van der Waals surface area contributed by atoms with E-state index < -0.39 is 0 Å². The van der Waals surface area contributed by atoms with Crippen LogP contribution in [0.15, 0.2) is 23.2 Å². The van der Waals surface area contributed by atoms with Crippen LogP contribution in [-0.2, 0) is 6.42 Å². The van der Waals surface area contributed by atoms with Crippen LogP contribution >= 0.6 is 0 Å². The molecule has 1 unspecified atom stereocenters. The monoisotopic (exact) mass is 390 g/mol. The summed E-state index contributed by atoms with van der Waals surface area (Å²) in [5.41, 5.74) is 1.26. The zero-order valence-electron chi connectivity index (χ0n) is 18.1. The summed E-state index contributed by atoms with van der Waals surface area (Å²) in [5, 5.41) is 6.92. The Morgan fingerprint density at radius 2 is 2.11 bits per heavy atom. The summed E-state index contributed by atoms with van der Waals surface area (Å²) in [6, 6.07) is 6.17. The van der Waals surface area contributed by atoms with Crippen LogP contribution in [0.25, 0.3) is 0 Å². The van der Waals surface area contributed by atoms with E-state index in [1.807, 2.05) is 20.0 Å². The molecule has 2 rings (SSSR count). The minimum Gasteiger partial charge on any atom is -0.493 e. The Morgan fingerprint density at radius 3 is 2.82 bits per heavy atom. The highest BCUT2D eigenvalue weighted by Gasteiger charge is 2.21. The van der Waals surface area contributed by atoms with E-state index in [4.69, 9.17) is 9.47 Å². The van der Waals surface area contributed by atoms with E-state index in [1.165, 1.54) is 38.0 Å². The molecule has 0 saturated carbocycles. The fourth-order valence-corrected chi connectivity index (χ4v) is 3.70. The number of ether oxygens (including phenoxy) is 2. The summed E-state index contributed by atoms with van der Waals surface area (Å²) in [5.74, 6) is 3.24. The van der Waals surface area contributed by atoms with Crippen molar-refractivity contribution in [2.75, 3.05) is 53.5 Å². The van der Waals surface area contributed by atoms with E-state index in [1.54, 1.807) is 7.11 Å². The van der Waals surface area contributed by atoms with Crippen LogP contribution in [0.1, 0.15) is 38.7 Å². The molecule has 158 valence electrons. The number of methoxy groups -OCH3 is 1. The second kappa shape index (κ2) is 12.5. The third kappa shape index (κ3) is 7.23. The molecule has 1 aliphatic rings. The van der Waals surface area contributed by atoms with Crippen molar-refractivity contribution in [3.8, 4) is 11.5 Å². The van der Waals surface area contributed by atoms with Crippen molar-refractivity contribution in [2.24, 2.45) is 10.9 Å². The van der Waals surface area contributed by atoms with Crippen molar-refractivity contribution in [2.45, 2.75) is 39.5 Å². The first-order valence-electron chi connectivity index (χ1n) is 10.7. The van der Waals surface area contributed by atoms with Crippen LogP contribution in [0.5, 0.6) is 11.5 Å². The molecule has 0 bridgehead atoms. The van der Waals surface area contributed by atoms with Crippen molar-refractivity contribution >= 4 is 5.96 Å². The van der Waals surface area contributed by atoms with E-state index >= 15 is 0 Å². The van der Waals surface area contributed by atoms with Gasteiger partial charge in [0.05, 0.1) is 13.7 Å². The van der Waals surface area contributed by atoms with Gasteiger partial charge in [-0.25, -0.2) is 0 Å². The summed E-state index contributed by atoms with van der Waals surface area (Å²) >= 11 is 0. The topological polar surface area (TPSA) is 58.1 Å². The lowest BCUT2D eigenvalue weighted by atomic mass is 10.1. The average molecular weight is 391 g/mol. The van der Waals surface area contributed by atoms with Gasteiger partial charge in [-0.1, -0.05) is 13.0 Å². The third-order valence-corrected chi connectivity index (χ3v) is 5.15. The summed E-state index contributed by atoms with van der Waals surface area (Å²) in [7, 11) is 3.51. The minimum absolute atomic E-state index is 0.639. The second-order valence-electron chi connectivity index (χ2n) is 7.36. The molecule has 28 heavy (non-hydrogen) atoms. The maximum Gasteiger partial charge on any atom is 0.190 e. The highest BCUT2D eigenvalue weighted by atomic mass is 16.5. The number of aliphatic imine (C=N–C) groups is 1. The summed E-state index contributed by atoms with van der Waals surface area (Å²) in [6.45, 7) is 10.4. The molecular formula is C22H38N4O2. The predicted octanol–water partition coefficient (Wildman–Crippen LogP) is 2.92. The van der Waals surface area contributed by atoms with Crippen LogP contribution < -0.4 is 20.1 Å². The number of hydrogen-bond donors (Lipinski definition) is 2. The number of benzene rings is 1. The zero-order valence-corrected chi connectivity index (χ0v) is 18.1. The van der Waals surface area contributed by atoms with Gasteiger partial charge in [0.1, 0.15) is 0 Å². The van der Waals surface area contributed by atoms with E-state index in [2.05, 4.69) is 39.6 Å². The molecular weight excluding hydrogens is 352 g/mol. The van der Waals surface area contributed by atoms with Gasteiger partial charge in [0.25, 0.3) is 0 Å². The number of aryl methyl sites for hydroxylation is 1. The second-order valence-corrected chi connectivity index (χ2v) is 7.36. The zero-order chi connectivity index (χ0) is 20.2. The van der Waals surface area contributed by atoms with Crippen LogP contribution in [0, 0.1) is 5.92 Å². The lowest BCUT2D eigenvalue weighted by Crippen LogP contribution is -2.40. The molecule has 0 aromatic heterocycles. The molecule has 1 aromatic rings. The summed E-state index contributed by atoms with van der Waals surface area (Å²) < 4.78 is 11.0. The molecule has 6 heteroatoms. The van der Waals surface area contributed by atoms with Crippen molar-refractivity contribution in [1.29, 1.82) is 0 Å². The van der Waals surface area contributed by atoms with Crippen molar-refractivity contribution in [3.05, 3.63) is 23.8 Å². The van der Waals surface area contributed by atoms with Gasteiger partial charge < -0.3 is 25.0 Å². The molecule has 0 spiro atoms. The van der Waals surface area contributed by atoms with Crippen LogP contribution in [0.3, 0.4) is 0 Å². The van der Waals surface area contributed by atoms with Gasteiger partial charge in [0.15, 0.2) is 17.5 Å². The summed E-state index contributed by atoms with van der Waals surface area (Å²) in [6.07, 6.45) is 4.54. The first-order chi connectivity index (χ1) is 13.7. The molecule has 1 aliphatic heterocycles. The van der Waals surface area contributed by atoms with Crippen molar-refractivity contribution in [3.63, 3.8) is 0 Å². The molecule has 1 saturated heterocycles. The van der Waals surface area contributed by atoms with E-state index in [9.17, 15) is 0 Å². The lowest BCUT2D eigenvalue weighted by Gasteiger charge is -2.17. The fraction of sp³-hybridized carbons (Fsp3) is 0.682. The Morgan fingerprint density at radius 1 is 1.25 bits per heavy atom. The van der Waals surface area contributed by atoms with E-state index in [0.29, 0.717) is 6.61 Å². The maximum atomic E-state index is 5.66. The molecule has 6 nitrogen and oxygen atoms in total. The molecule has 1 atom stereocenters. The molecule has 1 aromatic carbocycles. The van der Waals surface area contributed by atoms with Gasteiger partial charge in [-0.3, -0.25) is 4.99 Å². The quantitative estimate of drug-likeness (QED) is 0.346. The molecule has 0 aliphatic carbocycles. The molecule has 1 fully saturated rings. The van der Waals surface area contributed by atoms with Crippen LogP contribution in [0.2, 0.25) is 0 Å². The Kier molecular flexibility index (Phi) is 9.97. The number of rotatable bonds is 11. The lowest BCUT2D eigenvalue weighted by molar-refractivity contribution is 0.310. The molecule has 0 amide bonds. The predicted molar refractivity (Wildman–Crippen MR) is 117 cm³/mol. The van der Waals surface area contributed by atoms with E-state index in [0.717, 1.165) is 49.3 Å². The Hall–Kier alpha value is -1.95. The number of nitrogens with one attached hydrogen (secondary N) is 2.